The highest BCUT2D eigenvalue weighted by Gasteiger charge is 2.30. The zero-order chi connectivity index (χ0) is 18.7. The van der Waals surface area contributed by atoms with Crippen LogP contribution in [-0.4, -0.2) is 27.7 Å². The summed E-state index contributed by atoms with van der Waals surface area (Å²) in [7, 11) is 0. The van der Waals surface area contributed by atoms with Crippen LogP contribution in [0.1, 0.15) is 37.3 Å². The predicted molar refractivity (Wildman–Crippen MR) is 103 cm³/mol. The molecule has 0 fully saturated rings. The average Bonchev–Trinajstić information content (AvgIpc) is 2.59. The number of carbonyl (C=O) groups excluding carboxylic acids is 1. The monoisotopic (exact) mass is 371 g/mol. The van der Waals surface area contributed by atoms with Gasteiger partial charge in [-0.3, -0.25) is 9.59 Å². The van der Waals surface area contributed by atoms with Crippen molar-refractivity contribution in [2.24, 2.45) is 0 Å². The van der Waals surface area contributed by atoms with E-state index < -0.39 is 0 Å². The first-order valence-corrected chi connectivity index (χ1v) is 9.41. The lowest BCUT2D eigenvalue weighted by Gasteiger charge is -2.24. The van der Waals surface area contributed by atoms with Gasteiger partial charge in [0.25, 0.3) is 5.56 Å². The molecule has 0 aliphatic carbocycles. The van der Waals surface area contributed by atoms with Gasteiger partial charge in [-0.05, 0) is 31.5 Å². The van der Waals surface area contributed by atoms with E-state index in [-0.39, 0.29) is 29.9 Å². The summed E-state index contributed by atoms with van der Waals surface area (Å²) in [5, 5.41) is 3.19. The van der Waals surface area contributed by atoms with Gasteiger partial charge < -0.3 is 15.0 Å². The third-order valence-electron chi connectivity index (χ3n) is 3.92. The molecule has 1 unspecified atom stereocenters. The van der Waals surface area contributed by atoms with E-state index in [1.807, 2.05) is 38.1 Å². The van der Waals surface area contributed by atoms with Crippen molar-refractivity contribution in [3.63, 3.8) is 0 Å². The fourth-order valence-electron chi connectivity index (χ4n) is 2.89. The zero-order valence-electron chi connectivity index (χ0n) is 14.7. The second-order valence-corrected chi connectivity index (χ2v) is 7.28. The Balaban J connectivity index is 1.96. The largest absolute Gasteiger partial charge is 0.491 e. The number of amides is 1. The smallest absolute Gasteiger partial charge is 0.257 e. The first kappa shape index (κ1) is 18.3. The molecular weight excluding hydrogens is 350 g/mol. The van der Waals surface area contributed by atoms with E-state index >= 15 is 0 Å². The second kappa shape index (κ2) is 7.78. The Kier molecular flexibility index (Phi) is 5.46. The third kappa shape index (κ3) is 3.99. The van der Waals surface area contributed by atoms with Crippen LogP contribution in [0.15, 0.2) is 46.9 Å². The number of rotatable bonds is 6. The number of hydrogen-bond acceptors (Lipinski definition) is 5. The normalized spacial score (nSPS) is 16.1. The van der Waals surface area contributed by atoms with Gasteiger partial charge in [0.15, 0.2) is 5.16 Å². The second-order valence-electron chi connectivity index (χ2n) is 6.27. The van der Waals surface area contributed by atoms with Crippen molar-refractivity contribution in [2.75, 3.05) is 11.1 Å². The zero-order valence-corrected chi connectivity index (χ0v) is 15.6. The molecule has 2 heterocycles. The molecule has 6 nitrogen and oxygen atoms in total. The van der Waals surface area contributed by atoms with Crippen LogP contribution in [-0.2, 0) is 4.79 Å². The number of aromatic amines is 1. The van der Waals surface area contributed by atoms with Gasteiger partial charge in [0, 0.05) is 18.1 Å². The standard InChI is InChI=1S/C19H21N3O3S/c1-4-9-26-19-21-17-16(18(24)22-19)14(10-15(23)20-17)12-5-7-13(8-6-12)25-11(2)3/h4-8,11,14H,1,9-10H2,2-3H3,(H2,20,21,22,23,24). The van der Waals surface area contributed by atoms with Gasteiger partial charge in [-0.25, -0.2) is 4.98 Å². The number of thioether (sulfide) groups is 1. The molecule has 1 aliphatic heterocycles. The van der Waals surface area contributed by atoms with E-state index in [1.165, 1.54) is 11.8 Å². The van der Waals surface area contributed by atoms with E-state index in [4.69, 9.17) is 4.74 Å². The fraction of sp³-hybridized carbons (Fsp3) is 0.316. The van der Waals surface area contributed by atoms with Crippen molar-refractivity contribution in [1.29, 1.82) is 0 Å². The van der Waals surface area contributed by atoms with E-state index in [0.717, 1.165) is 11.3 Å². The molecule has 2 aromatic rings. The number of anilines is 1. The first-order chi connectivity index (χ1) is 12.5. The molecular formula is C19H21N3O3S. The van der Waals surface area contributed by atoms with E-state index in [9.17, 15) is 9.59 Å². The van der Waals surface area contributed by atoms with E-state index in [0.29, 0.717) is 22.3 Å². The average molecular weight is 371 g/mol. The number of nitrogens with one attached hydrogen (secondary N) is 2. The maximum Gasteiger partial charge on any atom is 0.257 e. The molecule has 1 amide bonds. The molecule has 0 saturated carbocycles. The van der Waals surface area contributed by atoms with Crippen LogP contribution in [0.4, 0.5) is 5.82 Å². The lowest BCUT2D eigenvalue weighted by atomic mass is 9.87. The van der Waals surface area contributed by atoms with Gasteiger partial charge in [-0.1, -0.05) is 30.0 Å². The summed E-state index contributed by atoms with van der Waals surface area (Å²) < 4.78 is 5.65. The summed E-state index contributed by atoms with van der Waals surface area (Å²) in [5.41, 5.74) is 1.15. The number of hydrogen-bond donors (Lipinski definition) is 2. The van der Waals surface area contributed by atoms with Gasteiger partial charge in [0.05, 0.1) is 11.7 Å². The number of aromatic nitrogens is 2. The van der Waals surface area contributed by atoms with E-state index in [2.05, 4.69) is 21.9 Å². The Bertz CT molecular complexity index is 875. The van der Waals surface area contributed by atoms with Crippen molar-refractivity contribution in [1.82, 2.24) is 9.97 Å². The summed E-state index contributed by atoms with van der Waals surface area (Å²) in [6.07, 6.45) is 2.02. The van der Waals surface area contributed by atoms with Gasteiger partial charge in [0.1, 0.15) is 11.6 Å². The minimum atomic E-state index is -0.332. The van der Waals surface area contributed by atoms with Crippen LogP contribution in [0.3, 0.4) is 0 Å². The molecule has 2 N–H and O–H groups in total. The quantitative estimate of drug-likeness (QED) is 0.462. The van der Waals surface area contributed by atoms with Crippen molar-refractivity contribution < 1.29 is 9.53 Å². The molecule has 0 spiro atoms. The van der Waals surface area contributed by atoms with Crippen LogP contribution >= 0.6 is 11.8 Å². The molecule has 0 radical (unpaired) electrons. The van der Waals surface area contributed by atoms with Crippen molar-refractivity contribution in [3.05, 3.63) is 58.4 Å². The summed E-state index contributed by atoms with van der Waals surface area (Å²) in [4.78, 5) is 32.0. The van der Waals surface area contributed by atoms with Gasteiger partial charge >= 0.3 is 0 Å². The Morgan fingerprint density at radius 3 is 2.73 bits per heavy atom. The van der Waals surface area contributed by atoms with Crippen LogP contribution in [0.25, 0.3) is 0 Å². The number of ether oxygens (including phenoxy) is 1. The minimum Gasteiger partial charge on any atom is -0.491 e. The van der Waals surface area contributed by atoms with Crippen LogP contribution in [0.5, 0.6) is 5.75 Å². The highest BCUT2D eigenvalue weighted by molar-refractivity contribution is 7.99. The molecule has 7 heteroatoms. The van der Waals surface area contributed by atoms with E-state index in [1.54, 1.807) is 6.08 Å². The summed E-state index contributed by atoms with van der Waals surface area (Å²) in [5.74, 6) is 1.23. The summed E-state index contributed by atoms with van der Waals surface area (Å²) in [6, 6.07) is 7.50. The first-order valence-electron chi connectivity index (χ1n) is 8.42. The highest BCUT2D eigenvalue weighted by atomic mass is 32.2. The Morgan fingerprint density at radius 2 is 2.08 bits per heavy atom. The van der Waals surface area contributed by atoms with Crippen molar-refractivity contribution in [2.45, 2.75) is 37.4 Å². The van der Waals surface area contributed by atoms with Crippen LogP contribution in [0, 0.1) is 0 Å². The lowest BCUT2D eigenvalue weighted by Crippen LogP contribution is -2.31. The summed E-state index contributed by atoms with van der Waals surface area (Å²) in [6.45, 7) is 7.58. The number of H-pyrrole nitrogens is 1. The molecule has 0 saturated heterocycles. The Hall–Kier alpha value is -2.54. The number of carbonyl (C=O) groups is 1. The van der Waals surface area contributed by atoms with Gasteiger partial charge in [-0.2, -0.15) is 0 Å². The van der Waals surface area contributed by atoms with Crippen molar-refractivity contribution >= 4 is 23.5 Å². The lowest BCUT2D eigenvalue weighted by molar-refractivity contribution is -0.116. The van der Waals surface area contributed by atoms with Gasteiger partial charge in [0.2, 0.25) is 5.91 Å². The predicted octanol–water partition coefficient (Wildman–Crippen LogP) is 3.31. The SMILES string of the molecule is C=CCSc1nc2c(c(=O)[nH]1)C(c1ccc(OC(C)C)cc1)CC(=O)N2. The summed E-state index contributed by atoms with van der Waals surface area (Å²) >= 11 is 1.36. The molecule has 26 heavy (non-hydrogen) atoms. The number of benzene rings is 1. The van der Waals surface area contributed by atoms with Crippen molar-refractivity contribution in [3.8, 4) is 5.75 Å². The fourth-order valence-corrected chi connectivity index (χ4v) is 3.49. The Morgan fingerprint density at radius 1 is 1.35 bits per heavy atom. The highest BCUT2D eigenvalue weighted by Crippen LogP contribution is 2.35. The topological polar surface area (TPSA) is 84.1 Å². The minimum absolute atomic E-state index is 0.0839. The molecule has 3 rings (SSSR count). The maximum atomic E-state index is 12.6. The van der Waals surface area contributed by atoms with Crippen LogP contribution < -0.4 is 15.6 Å². The maximum absolute atomic E-state index is 12.6. The molecule has 1 atom stereocenters. The molecule has 1 aliphatic rings. The van der Waals surface area contributed by atoms with Crippen LogP contribution in [0.2, 0.25) is 0 Å². The molecule has 1 aromatic carbocycles. The molecule has 136 valence electrons. The third-order valence-corrected chi connectivity index (χ3v) is 4.79. The molecule has 1 aromatic heterocycles. The Labute approximate surface area is 156 Å². The van der Waals surface area contributed by atoms with Gasteiger partial charge in [-0.15, -0.1) is 6.58 Å². The number of nitrogens with zero attached hydrogens (tertiary/aromatic N) is 1. The molecule has 0 bridgehead atoms. The number of fused-ring (bicyclic) bond motifs is 1.